The van der Waals surface area contributed by atoms with Crippen molar-refractivity contribution < 1.29 is 14.8 Å². The quantitative estimate of drug-likeness (QED) is 0.676. The number of benzene rings is 1. The van der Waals surface area contributed by atoms with E-state index in [-0.39, 0.29) is 11.3 Å². The molecule has 0 saturated carbocycles. The number of aromatic nitrogens is 1. The molecule has 1 aromatic carbocycles. The topological polar surface area (TPSA) is 85.4 Å². The third-order valence-corrected chi connectivity index (χ3v) is 2.88. The number of hydrogen-bond acceptors (Lipinski definition) is 3. The van der Waals surface area contributed by atoms with Gasteiger partial charge in [-0.15, -0.1) is 0 Å². The summed E-state index contributed by atoms with van der Waals surface area (Å²) < 4.78 is 1.66. The molecule has 0 aliphatic rings. The molecule has 1 heterocycles. The number of carboxylic acids is 1. The van der Waals surface area contributed by atoms with Crippen LogP contribution in [0, 0.1) is 10.1 Å². The molecule has 19 heavy (non-hydrogen) atoms. The van der Waals surface area contributed by atoms with E-state index >= 15 is 0 Å². The molecule has 98 valence electrons. The van der Waals surface area contributed by atoms with Gasteiger partial charge >= 0.3 is 5.97 Å². The average molecular weight is 260 g/mol. The predicted molar refractivity (Wildman–Crippen MR) is 68.8 cm³/mol. The van der Waals surface area contributed by atoms with Crippen LogP contribution in [0.4, 0.5) is 5.69 Å². The minimum absolute atomic E-state index is 0.0230. The second-order valence-corrected chi connectivity index (χ2v) is 3.98. The number of rotatable bonds is 4. The molecule has 0 aliphatic carbocycles. The van der Waals surface area contributed by atoms with Crippen LogP contribution in [0.2, 0.25) is 0 Å². The molecule has 1 N–H and O–H groups in total. The largest absolute Gasteiger partial charge is 0.478 e. The highest BCUT2D eigenvalue weighted by molar-refractivity contribution is 5.89. The molecule has 2 rings (SSSR count). The third kappa shape index (κ3) is 2.33. The van der Waals surface area contributed by atoms with E-state index < -0.39 is 10.9 Å². The van der Waals surface area contributed by atoms with Crippen LogP contribution in [0.25, 0.3) is 5.69 Å². The highest BCUT2D eigenvalue weighted by Crippen LogP contribution is 2.21. The highest BCUT2D eigenvalue weighted by Gasteiger charge is 2.15. The van der Waals surface area contributed by atoms with E-state index in [9.17, 15) is 14.9 Å². The molecule has 0 saturated heterocycles. The SMILES string of the molecule is CCc1c(C(=O)O)ccn1-c1cccc([N+](=O)[O-])c1. The lowest BCUT2D eigenvalue weighted by Crippen LogP contribution is -2.04. The van der Waals surface area contributed by atoms with Crippen molar-refractivity contribution in [2.75, 3.05) is 0 Å². The summed E-state index contributed by atoms with van der Waals surface area (Å²) in [5.41, 5.74) is 1.39. The molecule has 0 aliphatic heterocycles. The Kier molecular flexibility index (Phi) is 3.33. The summed E-state index contributed by atoms with van der Waals surface area (Å²) in [6.45, 7) is 1.84. The van der Waals surface area contributed by atoms with Crippen molar-refractivity contribution >= 4 is 11.7 Å². The molecule has 0 spiro atoms. The maximum absolute atomic E-state index is 11.1. The van der Waals surface area contributed by atoms with E-state index in [1.807, 2.05) is 6.92 Å². The Balaban J connectivity index is 2.56. The van der Waals surface area contributed by atoms with Gasteiger partial charge in [-0.1, -0.05) is 13.0 Å². The zero-order chi connectivity index (χ0) is 14.0. The van der Waals surface area contributed by atoms with Crippen molar-refractivity contribution in [3.8, 4) is 5.69 Å². The van der Waals surface area contributed by atoms with Crippen LogP contribution in [-0.2, 0) is 6.42 Å². The van der Waals surface area contributed by atoms with Crippen LogP contribution in [-0.4, -0.2) is 20.6 Å². The average Bonchev–Trinajstić information content (AvgIpc) is 2.82. The van der Waals surface area contributed by atoms with Gasteiger partial charge in [-0.3, -0.25) is 10.1 Å². The van der Waals surface area contributed by atoms with Gasteiger partial charge in [0.2, 0.25) is 0 Å². The summed E-state index contributed by atoms with van der Waals surface area (Å²) in [5, 5.41) is 19.8. The van der Waals surface area contributed by atoms with E-state index in [0.29, 0.717) is 17.8 Å². The van der Waals surface area contributed by atoms with E-state index in [2.05, 4.69) is 0 Å². The molecule has 0 unspecified atom stereocenters. The third-order valence-electron chi connectivity index (χ3n) is 2.88. The van der Waals surface area contributed by atoms with E-state index in [4.69, 9.17) is 5.11 Å². The Labute approximate surface area is 109 Å². The number of nitro groups is 1. The first-order valence-electron chi connectivity index (χ1n) is 5.73. The smallest absolute Gasteiger partial charge is 0.337 e. The summed E-state index contributed by atoms with van der Waals surface area (Å²) in [6, 6.07) is 7.60. The number of aromatic carboxylic acids is 1. The minimum Gasteiger partial charge on any atom is -0.478 e. The molecule has 2 aromatic rings. The van der Waals surface area contributed by atoms with Crippen molar-refractivity contribution in [2.45, 2.75) is 13.3 Å². The first kappa shape index (κ1) is 12.8. The number of carbonyl (C=O) groups is 1. The van der Waals surface area contributed by atoms with Crippen molar-refractivity contribution in [3.63, 3.8) is 0 Å². The van der Waals surface area contributed by atoms with Crippen molar-refractivity contribution in [1.29, 1.82) is 0 Å². The molecule has 1 aromatic heterocycles. The first-order valence-corrected chi connectivity index (χ1v) is 5.73. The second kappa shape index (κ2) is 4.93. The lowest BCUT2D eigenvalue weighted by atomic mass is 10.2. The molecule has 0 amide bonds. The van der Waals surface area contributed by atoms with E-state index in [1.54, 1.807) is 22.9 Å². The van der Waals surface area contributed by atoms with Gasteiger partial charge in [-0.2, -0.15) is 0 Å². The molecule has 0 atom stereocenters. The fraction of sp³-hybridized carbons (Fsp3) is 0.154. The fourth-order valence-corrected chi connectivity index (χ4v) is 2.02. The van der Waals surface area contributed by atoms with Gasteiger partial charge < -0.3 is 9.67 Å². The standard InChI is InChI=1S/C13H12N2O4/c1-2-12-11(13(16)17)6-7-14(12)9-4-3-5-10(8-9)15(18)19/h3-8H,2H2,1H3,(H,16,17). The number of carboxylic acid groups (broad SMARTS) is 1. The molecule has 6 nitrogen and oxygen atoms in total. The van der Waals surface area contributed by atoms with Crippen LogP contribution in [0.5, 0.6) is 0 Å². The van der Waals surface area contributed by atoms with Crippen LogP contribution in [0.15, 0.2) is 36.5 Å². The second-order valence-electron chi connectivity index (χ2n) is 3.98. The lowest BCUT2D eigenvalue weighted by Gasteiger charge is -2.08. The fourth-order valence-electron chi connectivity index (χ4n) is 2.02. The molecule has 6 heteroatoms. The van der Waals surface area contributed by atoms with Crippen LogP contribution in [0.3, 0.4) is 0 Å². The maximum Gasteiger partial charge on any atom is 0.337 e. The molecule has 0 bridgehead atoms. The first-order chi connectivity index (χ1) is 9.04. The zero-order valence-electron chi connectivity index (χ0n) is 10.2. The van der Waals surface area contributed by atoms with Crippen LogP contribution in [0.1, 0.15) is 23.0 Å². The van der Waals surface area contributed by atoms with Gasteiger partial charge in [0.1, 0.15) is 0 Å². The summed E-state index contributed by atoms with van der Waals surface area (Å²) in [7, 11) is 0. The summed E-state index contributed by atoms with van der Waals surface area (Å²) >= 11 is 0. The van der Waals surface area contributed by atoms with Gasteiger partial charge in [0.15, 0.2) is 0 Å². The van der Waals surface area contributed by atoms with Gasteiger partial charge in [0, 0.05) is 24.0 Å². The Hall–Kier alpha value is -2.63. The lowest BCUT2D eigenvalue weighted by molar-refractivity contribution is -0.384. The maximum atomic E-state index is 11.1. The minimum atomic E-state index is -0.999. The van der Waals surface area contributed by atoms with Gasteiger partial charge in [0.25, 0.3) is 5.69 Å². The Morgan fingerprint density at radius 1 is 1.42 bits per heavy atom. The monoisotopic (exact) mass is 260 g/mol. The molecule has 0 radical (unpaired) electrons. The normalized spacial score (nSPS) is 10.4. The number of non-ortho nitro benzene ring substituents is 1. The van der Waals surface area contributed by atoms with E-state index in [0.717, 1.165) is 0 Å². The number of nitro benzene ring substituents is 1. The van der Waals surface area contributed by atoms with Gasteiger partial charge in [0.05, 0.1) is 16.2 Å². The summed E-state index contributed by atoms with van der Waals surface area (Å²) in [5.74, 6) is -0.999. The van der Waals surface area contributed by atoms with Crippen molar-refractivity contribution in [3.05, 3.63) is 57.9 Å². The number of hydrogen-bond donors (Lipinski definition) is 1. The van der Waals surface area contributed by atoms with Gasteiger partial charge in [-0.25, -0.2) is 4.79 Å². The number of nitrogens with zero attached hydrogens (tertiary/aromatic N) is 2. The Morgan fingerprint density at radius 3 is 2.74 bits per heavy atom. The van der Waals surface area contributed by atoms with Crippen molar-refractivity contribution in [1.82, 2.24) is 4.57 Å². The Morgan fingerprint density at radius 2 is 2.16 bits per heavy atom. The Bertz CT molecular complexity index is 646. The molecule has 0 fully saturated rings. The summed E-state index contributed by atoms with van der Waals surface area (Å²) in [6.07, 6.45) is 2.14. The molecular weight excluding hydrogens is 248 g/mol. The van der Waals surface area contributed by atoms with Gasteiger partial charge in [-0.05, 0) is 18.6 Å². The van der Waals surface area contributed by atoms with Crippen LogP contribution >= 0.6 is 0 Å². The highest BCUT2D eigenvalue weighted by atomic mass is 16.6. The van der Waals surface area contributed by atoms with E-state index in [1.165, 1.54) is 18.2 Å². The summed E-state index contributed by atoms with van der Waals surface area (Å²) in [4.78, 5) is 21.4. The van der Waals surface area contributed by atoms with Crippen LogP contribution < -0.4 is 0 Å². The predicted octanol–water partition coefficient (Wildman–Crippen LogP) is 2.65. The van der Waals surface area contributed by atoms with Crippen molar-refractivity contribution in [2.24, 2.45) is 0 Å². The zero-order valence-corrected chi connectivity index (χ0v) is 10.2. The molecular formula is C13H12N2O4.